The van der Waals surface area contributed by atoms with Gasteiger partial charge >= 0.3 is 5.97 Å². The van der Waals surface area contributed by atoms with Crippen LogP contribution < -0.4 is 0 Å². The van der Waals surface area contributed by atoms with E-state index < -0.39 is 6.10 Å². The van der Waals surface area contributed by atoms with Crippen molar-refractivity contribution in [2.24, 2.45) is 0 Å². The summed E-state index contributed by atoms with van der Waals surface area (Å²) < 4.78 is 5.13. The first-order chi connectivity index (χ1) is 14.0. The zero-order valence-corrected chi connectivity index (χ0v) is 20.0. The molecule has 0 aromatic heterocycles. The molecule has 4 nitrogen and oxygen atoms in total. The number of nitrogens with zero attached hydrogens (tertiary/aromatic N) is 1. The lowest BCUT2D eigenvalue weighted by Crippen LogP contribution is -2.41. The molecule has 0 rings (SSSR count). The van der Waals surface area contributed by atoms with Gasteiger partial charge in [0.05, 0.1) is 0 Å². The van der Waals surface area contributed by atoms with Gasteiger partial charge in [0.2, 0.25) is 0 Å². The maximum Gasteiger partial charge on any atom is 0.303 e. The summed E-state index contributed by atoms with van der Waals surface area (Å²) in [4.78, 5) is 25.8. The highest BCUT2D eigenvalue weighted by Gasteiger charge is 2.22. The van der Waals surface area contributed by atoms with E-state index >= 15 is 0 Å². The van der Waals surface area contributed by atoms with Crippen LogP contribution in [0.1, 0.15) is 130 Å². The maximum atomic E-state index is 12.7. The number of carbonyl (C=O) groups is 2. The Hall–Kier alpha value is -1.06. The molecule has 0 spiro atoms. The van der Waals surface area contributed by atoms with Crippen molar-refractivity contribution in [3.05, 3.63) is 0 Å². The third-order valence-electron chi connectivity index (χ3n) is 5.57. The molecule has 0 aliphatic carbocycles. The van der Waals surface area contributed by atoms with Gasteiger partial charge in [-0.1, -0.05) is 104 Å². The summed E-state index contributed by atoms with van der Waals surface area (Å²) >= 11 is 0. The zero-order chi connectivity index (χ0) is 21.7. The van der Waals surface area contributed by atoms with Crippen molar-refractivity contribution < 1.29 is 14.3 Å². The largest absolute Gasteiger partial charge is 0.453 e. The molecule has 172 valence electrons. The summed E-state index contributed by atoms with van der Waals surface area (Å²) in [5, 5.41) is 0. The Labute approximate surface area is 181 Å². The molecule has 0 fully saturated rings. The number of amides is 1. The van der Waals surface area contributed by atoms with E-state index in [0.717, 1.165) is 25.9 Å². The molecule has 0 saturated heterocycles. The highest BCUT2D eigenvalue weighted by molar-refractivity contribution is 5.83. The Balaban J connectivity index is 4.16. The molecule has 0 N–H and O–H groups in total. The van der Waals surface area contributed by atoms with Gasteiger partial charge in [-0.05, 0) is 19.8 Å². The van der Waals surface area contributed by atoms with Crippen molar-refractivity contribution >= 4 is 11.9 Å². The maximum absolute atomic E-state index is 12.7. The molecule has 0 bridgehead atoms. The molecule has 0 radical (unpaired) electrons. The summed E-state index contributed by atoms with van der Waals surface area (Å²) in [6, 6.07) is 0. The minimum absolute atomic E-state index is 0.0360. The van der Waals surface area contributed by atoms with Gasteiger partial charge in [0, 0.05) is 20.0 Å². The number of hydrogen-bond donors (Lipinski definition) is 0. The molecule has 0 aliphatic heterocycles. The van der Waals surface area contributed by atoms with Crippen molar-refractivity contribution in [3.63, 3.8) is 0 Å². The molecule has 1 atom stereocenters. The second-order valence-corrected chi connectivity index (χ2v) is 8.53. The van der Waals surface area contributed by atoms with E-state index in [1.54, 1.807) is 6.92 Å². The van der Waals surface area contributed by atoms with E-state index in [0.29, 0.717) is 0 Å². The van der Waals surface area contributed by atoms with Crippen molar-refractivity contribution in [2.45, 2.75) is 137 Å². The van der Waals surface area contributed by atoms with Crippen LogP contribution in [-0.2, 0) is 14.3 Å². The van der Waals surface area contributed by atoms with Crippen LogP contribution in [0.25, 0.3) is 0 Å². The van der Waals surface area contributed by atoms with Crippen LogP contribution in [0.15, 0.2) is 0 Å². The lowest BCUT2D eigenvalue weighted by atomic mass is 10.1. The van der Waals surface area contributed by atoms with Gasteiger partial charge in [-0.2, -0.15) is 0 Å². The van der Waals surface area contributed by atoms with Crippen molar-refractivity contribution in [1.29, 1.82) is 0 Å². The molecule has 0 saturated carbocycles. The summed E-state index contributed by atoms with van der Waals surface area (Å²) in [5.74, 6) is -0.420. The lowest BCUT2D eigenvalue weighted by molar-refractivity contribution is -0.157. The average Bonchev–Trinajstić information content (AvgIpc) is 2.69. The zero-order valence-electron chi connectivity index (χ0n) is 20.0. The van der Waals surface area contributed by atoms with Crippen LogP contribution in [0.2, 0.25) is 0 Å². The Morgan fingerprint density at radius 2 is 1.00 bits per heavy atom. The van der Waals surface area contributed by atoms with E-state index in [1.165, 1.54) is 96.8 Å². The van der Waals surface area contributed by atoms with Crippen LogP contribution in [-0.4, -0.2) is 36.0 Å². The summed E-state index contributed by atoms with van der Waals surface area (Å²) in [5.41, 5.74) is 0. The molecule has 0 aliphatic rings. The van der Waals surface area contributed by atoms with E-state index in [9.17, 15) is 9.59 Å². The van der Waals surface area contributed by atoms with Gasteiger partial charge in [0.25, 0.3) is 5.91 Å². The molecule has 1 amide bonds. The Kier molecular flexibility index (Phi) is 19.5. The first-order valence-electron chi connectivity index (χ1n) is 12.5. The third kappa shape index (κ3) is 17.5. The first-order valence-corrected chi connectivity index (χ1v) is 12.5. The van der Waals surface area contributed by atoms with Crippen molar-refractivity contribution in [2.75, 3.05) is 13.1 Å². The predicted molar refractivity (Wildman–Crippen MR) is 123 cm³/mol. The fraction of sp³-hybridized carbons (Fsp3) is 0.920. The van der Waals surface area contributed by atoms with E-state index in [4.69, 9.17) is 4.74 Å². The van der Waals surface area contributed by atoms with Crippen LogP contribution in [0.5, 0.6) is 0 Å². The number of carbonyl (C=O) groups excluding carboxylic acids is 2. The number of esters is 1. The monoisotopic (exact) mass is 411 g/mol. The molecule has 0 aromatic carbocycles. The SMILES string of the molecule is CCCCCCCCCCN(CCCCCCCCCC)C(=O)[C@H](C)OC(C)=O. The predicted octanol–water partition coefficient (Wildman–Crippen LogP) is 7.05. The van der Waals surface area contributed by atoms with Gasteiger partial charge in [-0.3, -0.25) is 9.59 Å². The summed E-state index contributed by atoms with van der Waals surface area (Å²) in [6.45, 7) is 9.12. The second kappa shape index (κ2) is 20.2. The quantitative estimate of drug-likeness (QED) is 0.159. The van der Waals surface area contributed by atoms with Crippen LogP contribution in [0.3, 0.4) is 0 Å². The minimum Gasteiger partial charge on any atom is -0.453 e. The van der Waals surface area contributed by atoms with E-state index in [2.05, 4.69) is 13.8 Å². The van der Waals surface area contributed by atoms with Gasteiger partial charge in [-0.15, -0.1) is 0 Å². The summed E-state index contributed by atoms with van der Waals surface area (Å²) in [6.07, 6.45) is 19.5. The normalized spacial score (nSPS) is 12.0. The molecule has 29 heavy (non-hydrogen) atoms. The van der Waals surface area contributed by atoms with E-state index in [1.807, 2.05) is 4.90 Å². The topological polar surface area (TPSA) is 46.6 Å². The van der Waals surface area contributed by atoms with E-state index in [-0.39, 0.29) is 11.9 Å². The van der Waals surface area contributed by atoms with Gasteiger partial charge in [0.15, 0.2) is 6.10 Å². The number of rotatable bonds is 20. The fourth-order valence-corrected chi connectivity index (χ4v) is 3.76. The van der Waals surface area contributed by atoms with Crippen LogP contribution in [0, 0.1) is 0 Å². The molecule has 0 aromatic rings. The molecule has 4 heteroatoms. The standard InChI is InChI=1S/C25H49NO3/c1-5-7-9-11-13-15-17-19-21-26(25(28)23(3)29-24(4)27)22-20-18-16-14-12-10-8-6-2/h23H,5-22H2,1-4H3/t23-/m0/s1. The lowest BCUT2D eigenvalue weighted by Gasteiger charge is -2.25. The smallest absolute Gasteiger partial charge is 0.303 e. The highest BCUT2D eigenvalue weighted by Crippen LogP contribution is 2.12. The molecule has 0 heterocycles. The van der Waals surface area contributed by atoms with Gasteiger partial charge in [-0.25, -0.2) is 0 Å². The van der Waals surface area contributed by atoms with Gasteiger partial charge in [0.1, 0.15) is 0 Å². The van der Waals surface area contributed by atoms with Crippen LogP contribution >= 0.6 is 0 Å². The Morgan fingerprint density at radius 3 is 1.34 bits per heavy atom. The number of unbranched alkanes of at least 4 members (excludes halogenated alkanes) is 14. The minimum atomic E-state index is -0.671. The first kappa shape index (κ1) is 27.9. The Morgan fingerprint density at radius 1 is 0.655 bits per heavy atom. The number of hydrogen-bond acceptors (Lipinski definition) is 3. The molecular weight excluding hydrogens is 362 g/mol. The molecular formula is C25H49NO3. The fourth-order valence-electron chi connectivity index (χ4n) is 3.76. The molecule has 0 unspecified atom stereocenters. The third-order valence-corrected chi connectivity index (χ3v) is 5.57. The Bertz CT molecular complexity index is 378. The average molecular weight is 412 g/mol. The highest BCUT2D eigenvalue weighted by atomic mass is 16.5. The second-order valence-electron chi connectivity index (χ2n) is 8.53. The summed E-state index contributed by atoms with van der Waals surface area (Å²) in [7, 11) is 0. The van der Waals surface area contributed by atoms with Crippen molar-refractivity contribution in [3.8, 4) is 0 Å². The van der Waals surface area contributed by atoms with Crippen molar-refractivity contribution in [1.82, 2.24) is 4.90 Å². The van der Waals surface area contributed by atoms with Crippen LogP contribution in [0.4, 0.5) is 0 Å². The number of ether oxygens (including phenoxy) is 1. The van der Waals surface area contributed by atoms with Gasteiger partial charge < -0.3 is 9.64 Å².